The van der Waals surface area contributed by atoms with Gasteiger partial charge in [-0.05, 0) is 36.4 Å². The van der Waals surface area contributed by atoms with Crippen molar-refractivity contribution in [1.29, 1.82) is 0 Å². The van der Waals surface area contributed by atoms with Gasteiger partial charge in [0.2, 0.25) is 0 Å². The number of rotatable bonds is 3. The summed E-state index contributed by atoms with van der Waals surface area (Å²) in [6.45, 7) is 0. The number of nitrogens with one attached hydrogen (secondary N) is 1. The molecule has 1 aliphatic heterocycles. The largest absolute Gasteiger partial charge is 0.497 e. The summed E-state index contributed by atoms with van der Waals surface area (Å²) < 4.78 is 5.06. The second kappa shape index (κ2) is 5.25. The highest BCUT2D eigenvalue weighted by molar-refractivity contribution is 6.35. The molecule has 1 aliphatic rings. The molecule has 1 amide bonds. The Morgan fingerprint density at radius 2 is 1.81 bits per heavy atom. The van der Waals surface area contributed by atoms with Gasteiger partial charge in [0.05, 0.1) is 12.7 Å². The Labute approximate surface area is 122 Å². The van der Waals surface area contributed by atoms with Gasteiger partial charge in [-0.2, -0.15) is 0 Å². The Kier molecular flexibility index (Phi) is 3.28. The van der Waals surface area contributed by atoms with E-state index in [1.807, 2.05) is 24.3 Å². The summed E-state index contributed by atoms with van der Waals surface area (Å²) in [5, 5.41) is 2.74. The number of ketones is 1. The van der Waals surface area contributed by atoms with Crippen LogP contribution in [-0.2, 0) is 4.79 Å². The van der Waals surface area contributed by atoms with E-state index in [1.54, 1.807) is 31.4 Å². The molecule has 2 aromatic carbocycles. The molecule has 0 fully saturated rings. The van der Waals surface area contributed by atoms with Gasteiger partial charge in [0.1, 0.15) is 5.75 Å². The standard InChI is InChI=1S/C17H13NO3/c1-21-12-8-6-11(7-9-12)16(19)10-14-13-4-2-3-5-15(13)18-17(14)20/h2-10H,1H3,(H,18,20)/b14-10+. The van der Waals surface area contributed by atoms with Crippen LogP contribution in [0.1, 0.15) is 15.9 Å². The molecule has 4 nitrogen and oxygen atoms in total. The number of para-hydroxylation sites is 1. The van der Waals surface area contributed by atoms with Gasteiger partial charge in [0.15, 0.2) is 5.78 Å². The van der Waals surface area contributed by atoms with Gasteiger partial charge in [0, 0.05) is 16.8 Å². The van der Waals surface area contributed by atoms with E-state index < -0.39 is 0 Å². The van der Waals surface area contributed by atoms with Crippen LogP contribution in [0.2, 0.25) is 0 Å². The zero-order valence-corrected chi connectivity index (χ0v) is 11.4. The summed E-state index contributed by atoms with van der Waals surface area (Å²) in [7, 11) is 1.57. The molecule has 0 saturated carbocycles. The van der Waals surface area contributed by atoms with Gasteiger partial charge >= 0.3 is 0 Å². The first-order valence-corrected chi connectivity index (χ1v) is 6.50. The van der Waals surface area contributed by atoms with Gasteiger partial charge in [-0.3, -0.25) is 9.59 Å². The summed E-state index contributed by atoms with van der Waals surface area (Å²) in [6, 6.07) is 14.1. The molecule has 0 radical (unpaired) electrons. The van der Waals surface area contributed by atoms with Crippen molar-refractivity contribution in [1.82, 2.24) is 0 Å². The van der Waals surface area contributed by atoms with Gasteiger partial charge < -0.3 is 10.1 Å². The number of carbonyl (C=O) groups excluding carboxylic acids is 2. The fourth-order valence-corrected chi connectivity index (χ4v) is 2.25. The van der Waals surface area contributed by atoms with E-state index in [0.29, 0.717) is 16.9 Å². The van der Waals surface area contributed by atoms with Crippen molar-refractivity contribution in [2.24, 2.45) is 0 Å². The second-order valence-corrected chi connectivity index (χ2v) is 4.65. The molecule has 3 rings (SSSR count). The highest BCUT2D eigenvalue weighted by atomic mass is 16.5. The topological polar surface area (TPSA) is 55.4 Å². The van der Waals surface area contributed by atoms with Crippen LogP contribution in [-0.4, -0.2) is 18.8 Å². The average Bonchev–Trinajstić information content (AvgIpc) is 2.83. The molecule has 0 aliphatic carbocycles. The Morgan fingerprint density at radius 3 is 2.52 bits per heavy atom. The molecular weight excluding hydrogens is 266 g/mol. The lowest BCUT2D eigenvalue weighted by molar-refractivity contribution is -0.110. The molecule has 0 bridgehead atoms. The fourth-order valence-electron chi connectivity index (χ4n) is 2.25. The quantitative estimate of drug-likeness (QED) is 0.694. The van der Waals surface area contributed by atoms with Crippen LogP contribution in [0.25, 0.3) is 5.57 Å². The van der Waals surface area contributed by atoms with E-state index in [9.17, 15) is 9.59 Å². The third-order valence-electron chi connectivity index (χ3n) is 3.36. The van der Waals surface area contributed by atoms with Gasteiger partial charge in [-0.25, -0.2) is 0 Å². The minimum atomic E-state index is -0.252. The Morgan fingerprint density at radius 1 is 1.10 bits per heavy atom. The number of carbonyl (C=O) groups is 2. The van der Waals surface area contributed by atoms with E-state index >= 15 is 0 Å². The van der Waals surface area contributed by atoms with Gasteiger partial charge in [-0.1, -0.05) is 18.2 Å². The van der Waals surface area contributed by atoms with Crippen molar-refractivity contribution in [3.05, 3.63) is 65.7 Å². The molecule has 0 saturated heterocycles. The number of hydrogen-bond acceptors (Lipinski definition) is 3. The molecule has 1 N–H and O–H groups in total. The number of amides is 1. The monoisotopic (exact) mass is 279 g/mol. The third-order valence-corrected chi connectivity index (χ3v) is 3.36. The maximum absolute atomic E-state index is 12.3. The predicted octanol–water partition coefficient (Wildman–Crippen LogP) is 2.91. The van der Waals surface area contributed by atoms with Crippen molar-refractivity contribution >= 4 is 23.0 Å². The molecule has 0 unspecified atom stereocenters. The molecule has 0 aromatic heterocycles. The molecular formula is C17H13NO3. The van der Waals surface area contributed by atoms with Gasteiger partial charge in [-0.15, -0.1) is 0 Å². The van der Waals surface area contributed by atoms with Crippen LogP contribution in [0.15, 0.2) is 54.6 Å². The summed E-state index contributed by atoms with van der Waals surface area (Å²) in [5.41, 5.74) is 2.40. The highest BCUT2D eigenvalue weighted by Gasteiger charge is 2.24. The average molecular weight is 279 g/mol. The maximum Gasteiger partial charge on any atom is 0.256 e. The highest BCUT2D eigenvalue weighted by Crippen LogP contribution is 2.31. The van der Waals surface area contributed by atoms with Crippen molar-refractivity contribution in [3.63, 3.8) is 0 Å². The van der Waals surface area contributed by atoms with Gasteiger partial charge in [0.25, 0.3) is 5.91 Å². The number of anilines is 1. The van der Waals surface area contributed by atoms with E-state index in [1.165, 1.54) is 6.08 Å². The molecule has 4 heteroatoms. The molecule has 21 heavy (non-hydrogen) atoms. The number of ether oxygens (including phenoxy) is 1. The van der Waals surface area contributed by atoms with Crippen LogP contribution in [0.3, 0.4) is 0 Å². The molecule has 0 atom stereocenters. The first-order valence-electron chi connectivity index (χ1n) is 6.50. The van der Waals surface area contributed by atoms with Crippen LogP contribution in [0, 0.1) is 0 Å². The number of allylic oxidation sites excluding steroid dienone is 1. The zero-order valence-electron chi connectivity index (χ0n) is 11.4. The zero-order chi connectivity index (χ0) is 14.8. The van der Waals surface area contributed by atoms with Crippen molar-refractivity contribution in [2.75, 3.05) is 12.4 Å². The first-order chi connectivity index (χ1) is 10.2. The van der Waals surface area contributed by atoms with E-state index in [4.69, 9.17) is 4.74 Å². The number of fused-ring (bicyclic) bond motifs is 1. The van der Waals surface area contributed by atoms with E-state index in [2.05, 4.69) is 5.32 Å². The minimum Gasteiger partial charge on any atom is -0.497 e. The smallest absolute Gasteiger partial charge is 0.256 e. The van der Waals surface area contributed by atoms with Crippen LogP contribution in [0.5, 0.6) is 5.75 Å². The lowest BCUT2D eigenvalue weighted by Crippen LogP contribution is -2.06. The predicted molar refractivity (Wildman–Crippen MR) is 80.4 cm³/mol. The van der Waals surface area contributed by atoms with Crippen LogP contribution in [0.4, 0.5) is 5.69 Å². The third kappa shape index (κ3) is 2.43. The number of benzene rings is 2. The second-order valence-electron chi connectivity index (χ2n) is 4.65. The minimum absolute atomic E-state index is 0.209. The number of hydrogen-bond donors (Lipinski definition) is 1. The molecule has 104 valence electrons. The normalized spacial score (nSPS) is 14.7. The Hall–Kier alpha value is -2.88. The molecule has 1 heterocycles. The summed E-state index contributed by atoms with van der Waals surface area (Å²) in [6.07, 6.45) is 1.38. The Balaban J connectivity index is 1.94. The van der Waals surface area contributed by atoms with Crippen molar-refractivity contribution in [2.45, 2.75) is 0 Å². The summed E-state index contributed by atoms with van der Waals surface area (Å²) >= 11 is 0. The number of methoxy groups -OCH3 is 1. The maximum atomic E-state index is 12.3. The summed E-state index contributed by atoms with van der Waals surface area (Å²) in [5.74, 6) is 0.223. The lowest BCUT2D eigenvalue weighted by Gasteiger charge is -2.01. The fraction of sp³-hybridized carbons (Fsp3) is 0.0588. The van der Waals surface area contributed by atoms with Crippen molar-refractivity contribution in [3.8, 4) is 5.75 Å². The lowest BCUT2D eigenvalue weighted by atomic mass is 10.0. The van der Waals surface area contributed by atoms with E-state index in [0.717, 1.165) is 11.3 Å². The van der Waals surface area contributed by atoms with E-state index in [-0.39, 0.29) is 11.7 Å². The summed E-state index contributed by atoms with van der Waals surface area (Å²) in [4.78, 5) is 24.2. The molecule has 0 spiro atoms. The Bertz CT molecular complexity index is 745. The van der Waals surface area contributed by atoms with Crippen LogP contribution >= 0.6 is 0 Å². The first kappa shape index (κ1) is 13.1. The SMILES string of the molecule is COc1ccc(C(=O)/C=C2/C(=O)Nc3ccccc32)cc1. The van der Waals surface area contributed by atoms with Crippen molar-refractivity contribution < 1.29 is 14.3 Å². The van der Waals surface area contributed by atoms with Crippen LogP contribution < -0.4 is 10.1 Å². The molecule has 2 aromatic rings.